The van der Waals surface area contributed by atoms with Gasteiger partial charge in [0, 0.05) is 54.7 Å². The Bertz CT molecular complexity index is 1340. The second kappa shape index (κ2) is 10.3. The molecular formula is C27H28Cl2N6O3. The second-order valence-corrected chi connectivity index (χ2v) is 11.4. The van der Waals surface area contributed by atoms with Crippen molar-refractivity contribution in [1.29, 1.82) is 0 Å². The Morgan fingerprint density at radius 1 is 1.11 bits per heavy atom. The summed E-state index contributed by atoms with van der Waals surface area (Å²) in [6.07, 6.45) is 8.14. The number of carbonyl (C=O) groups is 2. The van der Waals surface area contributed by atoms with Crippen LogP contribution in [0.15, 0.2) is 47.2 Å². The van der Waals surface area contributed by atoms with Crippen LogP contribution >= 0.6 is 23.2 Å². The van der Waals surface area contributed by atoms with E-state index in [9.17, 15) is 9.59 Å². The summed E-state index contributed by atoms with van der Waals surface area (Å²) >= 11 is 12.3. The number of amides is 2. The van der Waals surface area contributed by atoms with Crippen LogP contribution in [0.3, 0.4) is 0 Å². The summed E-state index contributed by atoms with van der Waals surface area (Å²) in [6, 6.07) is 7.98. The highest BCUT2D eigenvalue weighted by molar-refractivity contribution is 6.36. The zero-order chi connectivity index (χ0) is 26.3. The zero-order valence-electron chi connectivity index (χ0n) is 20.7. The number of benzene rings is 1. The highest BCUT2D eigenvalue weighted by Gasteiger charge is 2.50. The Balaban J connectivity index is 1.17. The molecule has 3 fully saturated rings. The Morgan fingerprint density at radius 2 is 1.89 bits per heavy atom. The lowest BCUT2D eigenvalue weighted by Crippen LogP contribution is -2.57. The predicted molar refractivity (Wildman–Crippen MR) is 142 cm³/mol. The van der Waals surface area contributed by atoms with Crippen molar-refractivity contribution >= 4 is 35.0 Å². The number of hydrogen-bond acceptors (Lipinski definition) is 7. The van der Waals surface area contributed by atoms with Crippen molar-refractivity contribution in [3.8, 4) is 11.3 Å². The van der Waals surface area contributed by atoms with Crippen LogP contribution in [-0.4, -0.2) is 57.5 Å². The average Bonchev–Trinajstić information content (AvgIpc) is 3.84. The molecule has 2 N–H and O–H groups in total. The van der Waals surface area contributed by atoms with Gasteiger partial charge in [0.1, 0.15) is 0 Å². The van der Waals surface area contributed by atoms with Crippen LogP contribution in [0.4, 0.5) is 0 Å². The molecule has 2 aliphatic carbocycles. The summed E-state index contributed by atoms with van der Waals surface area (Å²) in [5.41, 5.74) is 0.193. The maximum absolute atomic E-state index is 13.7. The molecule has 2 amide bonds. The molecule has 0 bridgehead atoms. The van der Waals surface area contributed by atoms with E-state index in [1.807, 2.05) is 0 Å². The molecule has 3 aromatic rings. The molecule has 1 aliphatic heterocycles. The molecule has 1 saturated heterocycles. The summed E-state index contributed by atoms with van der Waals surface area (Å²) in [7, 11) is 0. The van der Waals surface area contributed by atoms with Crippen molar-refractivity contribution in [3.63, 3.8) is 0 Å². The molecular weight excluding hydrogens is 527 g/mol. The summed E-state index contributed by atoms with van der Waals surface area (Å²) in [5, 5.41) is 11.1. The first-order chi connectivity index (χ1) is 18.4. The van der Waals surface area contributed by atoms with E-state index in [2.05, 4.69) is 30.7 Å². The third-order valence-corrected chi connectivity index (χ3v) is 8.16. The van der Waals surface area contributed by atoms with Crippen molar-refractivity contribution in [1.82, 2.24) is 30.7 Å². The van der Waals surface area contributed by atoms with Gasteiger partial charge >= 0.3 is 0 Å². The van der Waals surface area contributed by atoms with Crippen molar-refractivity contribution in [2.45, 2.75) is 43.7 Å². The minimum Gasteiger partial charge on any atom is -0.355 e. The lowest BCUT2D eigenvalue weighted by atomic mass is 9.90. The van der Waals surface area contributed by atoms with Gasteiger partial charge in [0.15, 0.2) is 17.3 Å². The van der Waals surface area contributed by atoms with Crippen LogP contribution < -0.4 is 10.6 Å². The quantitative estimate of drug-likeness (QED) is 0.431. The Morgan fingerprint density at radius 3 is 2.61 bits per heavy atom. The number of aromatic nitrogens is 3. The molecule has 198 valence electrons. The van der Waals surface area contributed by atoms with Gasteiger partial charge in [-0.25, -0.2) is 9.97 Å². The van der Waals surface area contributed by atoms with Gasteiger partial charge in [0.2, 0.25) is 5.91 Å². The van der Waals surface area contributed by atoms with Crippen molar-refractivity contribution in [3.05, 3.63) is 64.3 Å². The van der Waals surface area contributed by atoms with Crippen LogP contribution in [0, 0.1) is 11.8 Å². The maximum Gasteiger partial charge on any atom is 0.273 e. The van der Waals surface area contributed by atoms with E-state index in [0.29, 0.717) is 46.1 Å². The molecule has 2 saturated carbocycles. The highest BCUT2D eigenvalue weighted by atomic mass is 35.5. The van der Waals surface area contributed by atoms with Gasteiger partial charge < -0.3 is 20.1 Å². The van der Waals surface area contributed by atoms with E-state index in [-0.39, 0.29) is 17.6 Å². The van der Waals surface area contributed by atoms with Gasteiger partial charge in [0.25, 0.3) is 5.91 Å². The number of nitrogens with zero attached hydrogens (tertiary/aromatic N) is 4. The number of hydrogen-bond donors (Lipinski definition) is 2. The topological polar surface area (TPSA) is 113 Å². The summed E-state index contributed by atoms with van der Waals surface area (Å²) in [5.74, 6) is 0.820. The predicted octanol–water partition coefficient (Wildman–Crippen LogP) is 4.07. The first-order valence-electron chi connectivity index (χ1n) is 12.9. The van der Waals surface area contributed by atoms with Crippen molar-refractivity contribution in [2.75, 3.05) is 19.6 Å². The molecule has 11 heteroatoms. The van der Waals surface area contributed by atoms with Crippen LogP contribution in [0.1, 0.15) is 48.4 Å². The largest absolute Gasteiger partial charge is 0.355 e. The SMILES string of the molecule is O=C(N[C@@H]1CCN(CC2CC2)C[C@H]1C(=O)NC1(c2ncccn2)CC1)c1cc(-c2ccc(Cl)cc2Cl)on1. The first kappa shape index (κ1) is 25.3. The fourth-order valence-corrected chi connectivity index (χ4v) is 5.64. The molecule has 2 aromatic heterocycles. The fourth-order valence-electron chi connectivity index (χ4n) is 5.13. The minimum absolute atomic E-state index is 0.0884. The summed E-state index contributed by atoms with van der Waals surface area (Å²) < 4.78 is 5.41. The normalized spacial score (nSPS) is 22.6. The first-order valence-corrected chi connectivity index (χ1v) is 13.7. The van der Waals surface area contributed by atoms with Crippen molar-refractivity contribution < 1.29 is 14.1 Å². The van der Waals surface area contributed by atoms with Crippen LogP contribution in [-0.2, 0) is 10.3 Å². The number of piperidine rings is 1. The van der Waals surface area contributed by atoms with Crippen LogP contribution in [0.25, 0.3) is 11.3 Å². The monoisotopic (exact) mass is 554 g/mol. The van der Waals surface area contributed by atoms with E-state index in [1.54, 1.807) is 42.7 Å². The lowest BCUT2D eigenvalue weighted by molar-refractivity contribution is -0.128. The van der Waals surface area contributed by atoms with Gasteiger partial charge in [0.05, 0.1) is 16.5 Å². The molecule has 2 atom stereocenters. The standard InChI is InChI=1S/C27H28Cl2N6O3/c28-17-4-5-18(20(29)12-17)23-13-22(34-38-23)25(37)32-21-6-11-35(14-16-2-3-16)15-19(21)24(36)33-27(7-8-27)26-30-9-1-10-31-26/h1,4-5,9-10,12-13,16,19,21H,2-3,6-8,11,14-15H2,(H,32,37)(H,33,36)/t19-,21-/m1/s1. The van der Waals surface area contributed by atoms with Gasteiger partial charge in [-0.1, -0.05) is 28.4 Å². The summed E-state index contributed by atoms with van der Waals surface area (Å²) in [6.45, 7) is 2.40. The second-order valence-electron chi connectivity index (χ2n) is 10.5. The van der Waals surface area contributed by atoms with E-state index in [0.717, 1.165) is 25.9 Å². The zero-order valence-corrected chi connectivity index (χ0v) is 22.2. The molecule has 38 heavy (non-hydrogen) atoms. The number of halogens is 2. The molecule has 3 heterocycles. The van der Waals surface area contributed by atoms with Gasteiger partial charge in [-0.2, -0.15) is 0 Å². The molecule has 0 radical (unpaired) electrons. The van der Waals surface area contributed by atoms with Gasteiger partial charge in [-0.05, 0) is 62.3 Å². The number of carbonyl (C=O) groups excluding carboxylic acids is 2. The minimum atomic E-state index is -0.523. The Labute approximate surface area is 230 Å². The van der Waals surface area contributed by atoms with Gasteiger partial charge in [-0.15, -0.1) is 0 Å². The van der Waals surface area contributed by atoms with E-state index < -0.39 is 17.4 Å². The third kappa shape index (κ3) is 5.41. The molecule has 6 rings (SSSR count). The van der Waals surface area contributed by atoms with Gasteiger partial charge in [-0.3, -0.25) is 9.59 Å². The van der Waals surface area contributed by atoms with E-state index in [1.165, 1.54) is 12.8 Å². The molecule has 3 aliphatic rings. The van der Waals surface area contributed by atoms with E-state index >= 15 is 0 Å². The third-order valence-electron chi connectivity index (χ3n) is 7.61. The Hall–Kier alpha value is -3.01. The Kier molecular flexibility index (Phi) is 6.84. The van der Waals surface area contributed by atoms with Crippen molar-refractivity contribution in [2.24, 2.45) is 11.8 Å². The van der Waals surface area contributed by atoms with Crippen LogP contribution in [0.5, 0.6) is 0 Å². The van der Waals surface area contributed by atoms with E-state index in [4.69, 9.17) is 27.7 Å². The number of likely N-dealkylation sites (tertiary alicyclic amines) is 1. The maximum atomic E-state index is 13.7. The molecule has 9 nitrogen and oxygen atoms in total. The molecule has 1 aromatic carbocycles. The molecule has 0 unspecified atom stereocenters. The summed E-state index contributed by atoms with van der Waals surface area (Å²) in [4.78, 5) is 38.0. The molecule has 0 spiro atoms. The smallest absolute Gasteiger partial charge is 0.273 e. The number of rotatable bonds is 8. The average molecular weight is 555 g/mol. The van der Waals surface area contributed by atoms with Crippen LogP contribution in [0.2, 0.25) is 10.0 Å². The lowest BCUT2D eigenvalue weighted by Gasteiger charge is -2.38. The fraction of sp³-hybridized carbons (Fsp3) is 0.444. The number of nitrogens with one attached hydrogen (secondary N) is 2. The highest BCUT2D eigenvalue weighted by Crippen LogP contribution is 2.44.